The van der Waals surface area contributed by atoms with Crippen molar-refractivity contribution < 1.29 is 4.79 Å². The fourth-order valence-electron chi connectivity index (χ4n) is 2.43. The van der Waals surface area contributed by atoms with Crippen molar-refractivity contribution >= 4 is 11.6 Å². The van der Waals surface area contributed by atoms with Gasteiger partial charge in [-0.2, -0.15) is 4.68 Å². The highest BCUT2D eigenvalue weighted by atomic mass is 16.1. The van der Waals surface area contributed by atoms with E-state index in [2.05, 4.69) is 26.2 Å². The Morgan fingerprint density at radius 3 is 2.67 bits per heavy atom. The minimum Gasteiger partial charge on any atom is -0.375 e. The van der Waals surface area contributed by atoms with E-state index in [4.69, 9.17) is 0 Å². The standard InChI is InChI=1S/C17H18N6O/c1-12(19-14-8-6-7-13(11-14)17(24)18-2)16-20-21-22-23(16)15-9-4-3-5-10-15/h3-12,19H,1-2H3,(H,18,24)/t12-/m1/s1. The monoisotopic (exact) mass is 322 g/mol. The lowest BCUT2D eigenvalue weighted by Crippen LogP contribution is -2.18. The molecule has 0 aliphatic rings. The van der Waals surface area contributed by atoms with E-state index >= 15 is 0 Å². The quantitative estimate of drug-likeness (QED) is 0.752. The SMILES string of the molecule is CNC(=O)c1cccc(N[C@H](C)c2nnnn2-c2ccccc2)c1. The van der Waals surface area contributed by atoms with Gasteiger partial charge < -0.3 is 10.6 Å². The molecular formula is C17H18N6O. The number of hydrogen-bond acceptors (Lipinski definition) is 5. The number of nitrogens with zero attached hydrogens (tertiary/aromatic N) is 4. The topological polar surface area (TPSA) is 84.7 Å². The first-order valence-corrected chi connectivity index (χ1v) is 7.61. The molecule has 0 saturated carbocycles. The Balaban J connectivity index is 1.83. The zero-order valence-electron chi connectivity index (χ0n) is 13.5. The molecule has 3 aromatic rings. The third-order valence-electron chi connectivity index (χ3n) is 3.62. The number of anilines is 1. The molecule has 1 atom stereocenters. The summed E-state index contributed by atoms with van der Waals surface area (Å²) in [4.78, 5) is 11.7. The van der Waals surface area contributed by atoms with Crippen LogP contribution in [-0.2, 0) is 0 Å². The maximum Gasteiger partial charge on any atom is 0.251 e. The number of hydrogen-bond donors (Lipinski definition) is 2. The van der Waals surface area contributed by atoms with E-state index in [0.29, 0.717) is 11.4 Å². The summed E-state index contributed by atoms with van der Waals surface area (Å²) in [7, 11) is 1.61. The molecule has 2 aromatic carbocycles. The van der Waals surface area contributed by atoms with Gasteiger partial charge in [-0.3, -0.25) is 4.79 Å². The van der Waals surface area contributed by atoms with Gasteiger partial charge in [0, 0.05) is 18.3 Å². The number of carbonyl (C=O) groups is 1. The number of amides is 1. The second-order valence-corrected chi connectivity index (χ2v) is 5.31. The van der Waals surface area contributed by atoms with Crippen LogP contribution in [0.15, 0.2) is 54.6 Å². The summed E-state index contributed by atoms with van der Waals surface area (Å²) in [5.74, 6) is 0.562. The van der Waals surface area contributed by atoms with Gasteiger partial charge in [0.05, 0.1) is 11.7 Å². The minimum absolute atomic E-state index is 0.125. The number of carbonyl (C=O) groups excluding carboxylic acids is 1. The lowest BCUT2D eigenvalue weighted by atomic mass is 10.1. The van der Waals surface area contributed by atoms with E-state index in [1.807, 2.05) is 49.4 Å². The van der Waals surface area contributed by atoms with Crippen molar-refractivity contribution in [3.8, 4) is 5.69 Å². The second kappa shape index (κ2) is 6.91. The van der Waals surface area contributed by atoms with Crippen molar-refractivity contribution in [2.45, 2.75) is 13.0 Å². The van der Waals surface area contributed by atoms with Gasteiger partial charge >= 0.3 is 0 Å². The number of aromatic nitrogens is 4. The van der Waals surface area contributed by atoms with Crippen LogP contribution in [0.5, 0.6) is 0 Å². The molecule has 0 aliphatic carbocycles. The van der Waals surface area contributed by atoms with Gasteiger partial charge in [-0.25, -0.2) is 0 Å². The third-order valence-corrected chi connectivity index (χ3v) is 3.62. The van der Waals surface area contributed by atoms with Gasteiger partial charge in [-0.15, -0.1) is 5.10 Å². The number of nitrogens with one attached hydrogen (secondary N) is 2. The highest BCUT2D eigenvalue weighted by molar-refractivity contribution is 5.94. The van der Waals surface area contributed by atoms with E-state index in [1.165, 1.54) is 0 Å². The summed E-state index contributed by atoms with van der Waals surface area (Å²) in [5, 5.41) is 17.9. The van der Waals surface area contributed by atoms with Crippen molar-refractivity contribution in [2.24, 2.45) is 0 Å². The predicted molar refractivity (Wildman–Crippen MR) is 91.0 cm³/mol. The molecule has 1 amide bonds. The molecule has 0 aliphatic heterocycles. The van der Waals surface area contributed by atoms with Crippen LogP contribution in [0.2, 0.25) is 0 Å². The summed E-state index contributed by atoms with van der Waals surface area (Å²) in [6, 6.07) is 16.9. The van der Waals surface area contributed by atoms with Gasteiger partial charge in [0.2, 0.25) is 0 Å². The van der Waals surface area contributed by atoms with Gasteiger partial charge in [0.1, 0.15) is 0 Å². The Hall–Kier alpha value is -3.22. The van der Waals surface area contributed by atoms with Crippen molar-refractivity contribution in [2.75, 3.05) is 12.4 Å². The molecule has 0 saturated heterocycles. The fourth-order valence-corrected chi connectivity index (χ4v) is 2.43. The first-order valence-electron chi connectivity index (χ1n) is 7.61. The third kappa shape index (κ3) is 3.24. The molecule has 0 unspecified atom stereocenters. The first-order chi connectivity index (χ1) is 11.7. The minimum atomic E-state index is -0.139. The second-order valence-electron chi connectivity index (χ2n) is 5.31. The van der Waals surface area contributed by atoms with Gasteiger partial charge in [-0.1, -0.05) is 24.3 Å². The Kier molecular flexibility index (Phi) is 4.51. The molecule has 7 heteroatoms. The van der Waals surface area contributed by atoms with Crippen molar-refractivity contribution in [1.82, 2.24) is 25.5 Å². The van der Waals surface area contributed by atoms with Gasteiger partial charge in [-0.05, 0) is 47.7 Å². The summed E-state index contributed by atoms with van der Waals surface area (Å²) < 4.78 is 1.69. The van der Waals surface area contributed by atoms with Crippen LogP contribution in [-0.4, -0.2) is 33.2 Å². The van der Waals surface area contributed by atoms with E-state index < -0.39 is 0 Å². The summed E-state index contributed by atoms with van der Waals surface area (Å²) in [5.41, 5.74) is 2.31. The molecule has 1 aromatic heterocycles. The predicted octanol–water partition coefficient (Wildman–Crippen LogP) is 2.19. The lowest BCUT2D eigenvalue weighted by molar-refractivity contribution is 0.0963. The van der Waals surface area contributed by atoms with Crippen molar-refractivity contribution in [1.29, 1.82) is 0 Å². The Bertz CT molecular complexity index is 830. The number of rotatable bonds is 5. The zero-order valence-corrected chi connectivity index (χ0v) is 13.5. The van der Waals surface area contributed by atoms with E-state index in [9.17, 15) is 4.79 Å². The average Bonchev–Trinajstić information content (AvgIpc) is 3.12. The van der Waals surface area contributed by atoms with Crippen LogP contribution in [0, 0.1) is 0 Å². The van der Waals surface area contributed by atoms with E-state index in [0.717, 1.165) is 11.4 Å². The number of benzene rings is 2. The molecule has 0 bridgehead atoms. The molecule has 0 spiro atoms. The lowest BCUT2D eigenvalue weighted by Gasteiger charge is -2.15. The van der Waals surface area contributed by atoms with Gasteiger partial charge in [0.25, 0.3) is 5.91 Å². The number of tetrazole rings is 1. The van der Waals surface area contributed by atoms with E-state index in [-0.39, 0.29) is 11.9 Å². The van der Waals surface area contributed by atoms with Crippen molar-refractivity contribution in [3.05, 3.63) is 66.0 Å². The van der Waals surface area contributed by atoms with Gasteiger partial charge in [0.15, 0.2) is 5.82 Å². The van der Waals surface area contributed by atoms with Crippen LogP contribution in [0.4, 0.5) is 5.69 Å². The number of para-hydroxylation sites is 1. The maximum atomic E-state index is 11.7. The van der Waals surface area contributed by atoms with Crippen LogP contribution < -0.4 is 10.6 Å². The fraction of sp³-hybridized carbons (Fsp3) is 0.176. The Labute approximate surface area is 139 Å². The molecule has 122 valence electrons. The highest BCUT2D eigenvalue weighted by Gasteiger charge is 2.16. The van der Waals surface area contributed by atoms with Crippen molar-refractivity contribution in [3.63, 3.8) is 0 Å². The molecule has 1 heterocycles. The Morgan fingerprint density at radius 2 is 1.92 bits per heavy atom. The van der Waals surface area contributed by atoms with E-state index in [1.54, 1.807) is 23.9 Å². The highest BCUT2D eigenvalue weighted by Crippen LogP contribution is 2.20. The molecule has 7 nitrogen and oxygen atoms in total. The summed E-state index contributed by atoms with van der Waals surface area (Å²) >= 11 is 0. The first kappa shape index (κ1) is 15.7. The zero-order chi connectivity index (χ0) is 16.9. The molecule has 0 radical (unpaired) electrons. The molecule has 24 heavy (non-hydrogen) atoms. The summed E-state index contributed by atoms with van der Waals surface area (Å²) in [6.45, 7) is 1.97. The van der Waals surface area contributed by atoms with Crippen LogP contribution in [0.3, 0.4) is 0 Å². The van der Waals surface area contributed by atoms with Crippen LogP contribution in [0.25, 0.3) is 5.69 Å². The van der Waals surface area contributed by atoms with Crippen LogP contribution >= 0.6 is 0 Å². The molecule has 2 N–H and O–H groups in total. The maximum absolute atomic E-state index is 11.7. The smallest absolute Gasteiger partial charge is 0.251 e. The molecular weight excluding hydrogens is 304 g/mol. The molecule has 3 rings (SSSR count). The van der Waals surface area contributed by atoms with Crippen LogP contribution in [0.1, 0.15) is 29.1 Å². The largest absolute Gasteiger partial charge is 0.375 e. The average molecular weight is 322 g/mol. The Morgan fingerprint density at radius 1 is 1.12 bits per heavy atom. The molecule has 0 fully saturated rings. The summed E-state index contributed by atoms with van der Waals surface area (Å²) in [6.07, 6.45) is 0. The normalized spacial score (nSPS) is 11.8.